The molecular formula is C15H23NO. The van der Waals surface area contributed by atoms with Crippen LogP contribution in [0.3, 0.4) is 0 Å². The topological polar surface area (TPSA) is 23.5 Å². The molecule has 0 atom stereocenters. The second-order valence-electron chi connectivity index (χ2n) is 5.43. The molecule has 1 N–H and O–H groups in total. The van der Waals surface area contributed by atoms with Crippen LogP contribution in [0.5, 0.6) is 5.75 Å². The van der Waals surface area contributed by atoms with Gasteiger partial charge in [0.05, 0.1) is 0 Å². The van der Waals surface area contributed by atoms with Crippen LogP contribution in [0.2, 0.25) is 0 Å². The summed E-state index contributed by atoms with van der Waals surface area (Å²) >= 11 is 0. The smallest absolute Gasteiger partial charge is 0.121 e. The van der Waals surface area contributed by atoms with Crippen molar-refractivity contribution < 1.29 is 5.11 Å². The van der Waals surface area contributed by atoms with E-state index in [0.717, 1.165) is 23.7 Å². The van der Waals surface area contributed by atoms with Crippen molar-refractivity contribution in [2.75, 3.05) is 7.05 Å². The molecule has 0 aromatic heterocycles. The molecule has 0 bridgehead atoms. The normalized spacial score (nSPS) is 16.9. The summed E-state index contributed by atoms with van der Waals surface area (Å²) in [4.78, 5) is 2.46. The highest BCUT2D eigenvalue weighted by Gasteiger charge is 2.19. The van der Waals surface area contributed by atoms with Crippen molar-refractivity contribution in [1.29, 1.82) is 0 Å². The second-order valence-corrected chi connectivity index (χ2v) is 5.43. The molecule has 1 saturated carbocycles. The third-order valence-corrected chi connectivity index (χ3v) is 3.93. The highest BCUT2D eigenvalue weighted by molar-refractivity contribution is 5.42. The summed E-state index contributed by atoms with van der Waals surface area (Å²) in [5, 5.41) is 9.76. The Morgan fingerprint density at radius 2 is 1.71 bits per heavy atom. The summed E-state index contributed by atoms with van der Waals surface area (Å²) in [5.74, 6) is 0.442. The molecule has 1 aliphatic carbocycles. The van der Waals surface area contributed by atoms with Crippen LogP contribution in [0.25, 0.3) is 0 Å². The van der Waals surface area contributed by atoms with Crippen LogP contribution in [-0.4, -0.2) is 23.1 Å². The number of hydrogen-bond donors (Lipinski definition) is 1. The Balaban J connectivity index is 2.07. The third kappa shape index (κ3) is 2.81. The van der Waals surface area contributed by atoms with Gasteiger partial charge in [0.1, 0.15) is 5.75 Å². The zero-order valence-electron chi connectivity index (χ0n) is 11.2. The maximum Gasteiger partial charge on any atom is 0.121 e. The summed E-state index contributed by atoms with van der Waals surface area (Å²) in [7, 11) is 2.22. The monoisotopic (exact) mass is 233 g/mol. The van der Waals surface area contributed by atoms with Crippen molar-refractivity contribution in [2.24, 2.45) is 0 Å². The van der Waals surface area contributed by atoms with E-state index in [4.69, 9.17) is 0 Å². The van der Waals surface area contributed by atoms with E-state index in [-0.39, 0.29) is 0 Å². The van der Waals surface area contributed by atoms with E-state index in [0.29, 0.717) is 5.75 Å². The minimum absolute atomic E-state index is 0.442. The molecule has 0 heterocycles. The first kappa shape index (κ1) is 12.4. The Labute approximate surface area is 104 Å². The van der Waals surface area contributed by atoms with Gasteiger partial charge in [0.15, 0.2) is 0 Å². The van der Waals surface area contributed by atoms with Crippen LogP contribution in [0.4, 0.5) is 0 Å². The van der Waals surface area contributed by atoms with Gasteiger partial charge in [-0.3, -0.25) is 4.90 Å². The van der Waals surface area contributed by atoms with Gasteiger partial charge in [-0.05, 0) is 50.4 Å². The van der Waals surface area contributed by atoms with E-state index in [2.05, 4.69) is 24.1 Å². The van der Waals surface area contributed by atoms with Gasteiger partial charge < -0.3 is 5.11 Å². The summed E-state index contributed by atoms with van der Waals surface area (Å²) in [6, 6.07) is 4.96. The fraction of sp³-hybridized carbons (Fsp3) is 0.600. The summed E-state index contributed by atoms with van der Waals surface area (Å²) < 4.78 is 0. The summed E-state index contributed by atoms with van der Waals surface area (Å²) in [5.41, 5.74) is 3.28. The molecule has 94 valence electrons. The number of aromatic hydroxyl groups is 1. The lowest BCUT2D eigenvalue weighted by molar-refractivity contribution is 0.237. The number of phenolic OH excluding ortho intramolecular Hbond substituents is 1. The molecule has 0 saturated heterocycles. The quantitative estimate of drug-likeness (QED) is 0.865. The first-order valence-electron chi connectivity index (χ1n) is 6.57. The fourth-order valence-corrected chi connectivity index (χ4v) is 2.90. The lowest BCUT2D eigenvalue weighted by Gasteiger charge is -2.24. The second kappa shape index (κ2) is 5.09. The van der Waals surface area contributed by atoms with E-state index in [1.54, 1.807) is 0 Å². The highest BCUT2D eigenvalue weighted by Crippen LogP contribution is 2.26. The van der Waals surface area contributed by atoms with Crippen LogP contribution in [0, 0.1) is 13.8 Å². The van der Waals surface area contributed by atoms with Crippen LogP contribution in [0.1, 0.15) is 42.4 Å². The van der Waals surface area contributed by atoms with Gasteiger partial charge >= 0.3 is 0 Å². The molecule has 1 aromatic rings. The van der Waals surface area contributed by atoms with E-state index in [1.165, 1.54) is 31.2 Å². The first-order valence-corrected chi connectivity index (χ1v) is 6.57. The Morgan fingerprint density at radius 3 is 2.24 bits per heavy atom. The van der Waals surface area contributed by atoms with Crippen molar-refractivity contribution in [3.05, 3.63) is 28.8 Å². The van der Waals surface area contributed by atoms with E-state index >= 15 is 0 Å². The van der Waals surface area contributed by atoms with Crippen molar-refractivity contribution in [3.8, 4) is 5.75 Å². The van der Waals surface area contributed by atoms with Gasteiger partial charge in [-0.2, -0.15) is 0 Å². The van der Waals surface area contributed by atoms with Gasteiger partial charge in [0.25, 0.3) is 0 Å². The lowest BCUT2D eigenvalue weighted by Crippen LogP contribution is -2.28. The van der Waals surface area contributed by atoms with E-state index < -0.39 is 0 Å². The molecule has 2 heteroatoms. The van der Waals surface area contributed by atoms with Crippen molar-refractivity contribution in [1.82, 2.24) is 4.90 Å². The van der Waals surface area contributed by atoms with Crippen LogP contribution >= 0.6 is 0 Å². The minimum atomic E-state index is 0.442. The molecule has 2 rings (SSSR count). The number of benzene rings is 1. The van der Waals surface area contributed by atoms with Crippen molar-refractivity contribution in [2.45, 2.75) is 52.1 Å². The predicted octanol–water partition coefficient (Wildman–Crippen LogP) is 3.38. The van der Waals surface area contributed by atoms with Crippen molar-refractivity contribution >= 4 is 0 Å². The lowest BCUT2D eigenvalue weighted by atomic mass is 10.0. The van der Waals surface area contributed by atoms with Gasteiger partial charge in [0.2, 0.25) is 0 Å². The number of aryl methyl sites for hydroxylation is 2. The molecule has 0 radical (unpaired) electrons. The predicted molar refractivity (Wildman–Crippen MR) is 71.3 cm³/mol. The average molecular weight is 233 g/mol. The molecule has 0 unspecified atom stereocenters. The maximum atomic E-state index is 9.76. The number of hydrogen-bond acceptors (Lipinski definition) is 2. The molecule has 17 heavy (non-hydrogen) atoms. The van der Waals surface area contributed by atoms with E-state index in [1.807, 2.05) is 13.8 Å². The largest absolute Gasteiger partial charge is 0.507 e. The van der Waals surface area contributed by atoms with Gasteiger partial charge in [-0.1, -0.05) is 25.0 Å². The molecule has 1 aromatic carbocycles. The van der Waals surface area contributed by atoms with Crippen LogP contribution in [0.15, 0.2) is 12.1 Å². The Morgan fingerprint density at radius 1 is 1.18 bits per heavy atom. The summed E-state index contributed by atoms with van der Waals surface area (Å²) in [6.07, 6.45) is 5.43. The van der Waals surface area contributed by atoms with Crippen molar-refractivity contribution in [3.63, 3.8) is 0 Å². The van der Waals surface area contributed by atoms with E-state index in [9.17, 15) is 5.11 Å². The zero-order valence-corrected chi connectivity index (χ0v) is 11.2. The molecule has 0 spiro atoms. The summed E-state index contributed by atoms with van der Waals surface area (Å²) in [6.45, 7) is 4.94. The molecule has 2 nitrogen and oxygen atoms in total. The standard InChI is InChI=1S/C15H23NO/c1-11-8-13(9-12(2)15(11)17)10-16(3)14-6-4-5-7-14/h8-9,14,17H,4-7,10H2,1-3H3. The van der Waals surface area contributed by atoms with Gasteiger partial charge in [-0.15, -0.1) is 0 Å². The third-order valence-electron chi connectivity index (χ3n) is 3.93. The fourth-order valence-electron chi connectivity index (χ4n) is 2.90. The first-order chi connectivity index (χ1) is 8.08. The molecule has 0 aliphatic heterocycles. The SMILES string of the molecule is Cc1cc(CN(C)C2CCCC2)cc(C)c1O. The Kier molecular flexibility index (Phi) is 3.72. The van der Waals surface area contributed by atoms with Crippen LogP contribution in [-0.2, 0) is 6.54 Å². The zero-order chi connectivity index (χ0) is 12.4. The number of rotatable bonds is 3. The maximum absolute atomic E-state index is 9.76. The Bertz CT molecular complexity index is 371. The van der Waals surface area contributed by atoms with Gasteiger partial charge in [0, 0.05) is 12.6 Å². The molecule has 1 fully saturated rings. The van der Waals surface area contributed by atoms with Gasteiger partial charge in [-0.25, -0.2) is 0 Å². The Hall–Kier alpha value is -1.02. The molecular weight excluding hydrogens is 210 g/mol. The molecule has 0 amide bonds. The average Bonchev–Trinajstić information content (AvgIpc) is 2.79. The molecule has 1 aliphatic rings. The highest BCUT2D eigenvalue weighted by atomic mass is 16.3. The number of nitrogens with zero attached hydrogens (tertiary/aromatic N) is 1. The van der Waals surface area contributed by atoms with Crippen LogP contribution < -0.4 is 0 Å². The number of phenols is 1. The minimum Gasteiger partial charge on any atom is -0.507 e.